The zero-order chi connectivity index (χ0) is 23.5. The molecule has 2 amide bonds. The second-order valence-corrected chi connectivity index (χ2v) is 7.16. The highest BCUT2D eigenvalue weighted by atomic mass is 16.4. The van der Waals surface area contributed by atoms with Crippen molar-refractivity contribution in [1.82, 2.24) is 15.1 Å². The molecule has 0 aliphatic carbocycles. The van der Waals surface area contributed by atoms with Gasteiger partial charge >= 0.3 is 5.97 Å². The summed E-state index contributed by atoms with van der Waals surface area (Å²) in [7, 11) is 0. The lowest BCUT2D eigenvalue weighted by Crippen LogP contribution is -2.45. The average Bonchev–Trinajstić information content (AvgIpc) is 3.31. The number of nitriles is 1. The van der Waals surface area contributed by atoms with Crippen LogP contribution in [0.25, 0.3) is 29.0 Å². The first-order valence-electron chi connectivity index (χ1n) is 9.79. The van der Waals surface area contributed by atoms with E-state index >= 15 is 0 Å². The van der Waals surface area contributed by atoms with Gasteiger partial charge in [-0.2, -0.15) is 5.26 Å². The van der Waals surface area contributed by atoms with Crippen LogP contribution in [0.3, 0.4) is 0 Å². The first-order valence-corrected chi connectivity index (χ1v) is 9.79. The molecule has 1 N–H and O–H groups in total. The fraction of sp³-hybridized carbons (Fsp3) is 0.0833. The van der Waals surface area contributed by atoms with Gasteiger partial charge in [-0.25, -0.2) is 0 Å². The third-order valence-corrected chi connectivity index (χ3v) is 5.03. The lowest BCUT2D eigenvalue weighted by atomic mass is 9.93. The lowest BCUT2D eigenvalue weighted by Gasteiger charge is -2.26. The molecule has 0 spiro atoms. The SMILES string of the molecule is CC1=C(C#N)C(=O)N(CC(=O)O)C(=O)/C1=C\c1ccc(-c2nnc(-c3ccccc3)o2)cc1. The van der Waals surface area contributed by atoms with Gasteiger partial charge in [0.15, 0.2) is 0 Å². The Morgan fingerprint density at radius 2 is 1.64 bits per heavy atom. The number of carbonyl (C=O) groups excluding carboxylic acids is 2. The highest BCUT2D eigenvalue weighted by molar-refractivity contribution is 6.20. The van der Waals surface area contributed by atoms with E-state index in [2.05, 4.69) is 10.2 Å². The van der Waals surface area contributed by atoms with E-state index in [0.29, 0.717) is 27.8 Å². The molecule has 0 atom stereocenters. The van der Waals surface area contributed by atoms with E-state index < -0.39 is 24.3 Å². The van der Waals surface area contributed by atoms with Crippen molar-refractivity contribution in [2.45, 2.75) is 6.92 Å². The number of imide groups is 1. The van der Waals surface area contributed by atoms with Gasteiger partial charge in [0.1, 0.15) is 18.2 Å². The number of rotatable bonds is 5. The highest BCUT2D eigenvalue weighted by Gasteiger charge is 2.36. The molecule has 0 fully saturated rings. The zero-order valence-corrected chi connectivity index (χ0v) is 17.3. The van der Waals surface area contributed by atoms with Crippen LogP contribution < -0.4 is 0 Å². The van der Waals surface area contributed by atoms with Crippen molar-refractivity contribution in [2.24, 2.45) is 0 Å². The second kappa shape index (κ2) is 8.72. The van der Waals surface area contributed by atoms with Crippen molar-refractivity contribution >= 4 is 23.9 Å². The number of amides is 2. The van der Waals surface area contributed by atoms with Crippen LogP contribution in [0.4, 0.5) is 0 Å². The largest absolute Gasteiger partial charge is 0.480 e. The van der Waals surface area contributed by atoms with Gasteiger partial charge < -0.3 is 9.52 Å². The number of carboxylic acid groups (broad SMARTS) is 1. The molecule has 0 unspecified atom stereocenters. The number of aliphatic carboxylic acids is 1. The number of hydrogen-bond acceptors (Lipinski definition) is 7. The molecule has 2 aromatic carbocycles. The first-order chi connectivity index (χ1) is 15.9. The average molecular weight is 440 g/mol. The first kappa shape index (κ1) is 21.4. The molecule has 0 saturated carbocycles. The Hall–Kier alpha value is -4.84. The Morgan fingerprint density at radius 3 is 2.21 bits per heavy atom. The molecule has 1 aliphatic heterocycles. The molecule has 9 nitrogen and oxygen atoms in total. The molecule has 2 heterocycles. The molecule has 4 rings (SSSR count). The standard InChI is InChI=1S/C24H16N4O5/c1-14-18(23(31)28(13-20(29)30)24(32)19(14)12-25)11-15-7-9-17(10-8-15)22-27-26-21(33-22)16-5-3-2-4-6-16/h2-11H,13H2,1H3,(H,29,30)/b18-11-. The third-order valence-electron chi connectivity index (χ3n) is 5.03. The maximum atomic E-state index is 12.8. The smallest absolute Gasteiger partial charge is 0.323 e. The summed E-state index contributed by atoms with van der Waals surface area (Å²) in [6, 6.07) is 18.0. The molecule has 3 aromatic rings. The molecular weight excluding hydrogens is 424 g/mol. The van der Waals surface area contributed by atoms with E-state index in [-0.39, 0.29) is 16.7 Å². The molecular formula is C24H16N4O5. The van der Waals surface area contributed by atoms with Crippen LogP contribution >= 0.6 is 0 Å². The maximum Gasteiger partial charge on any atom is 0.323 e. The van der Waals surface area contributed by atoms with Crippen molar-refractivity contribution < 1.29 is 23.9 Å². The van der Waals surface area contributed by atoms with Gasteiger partial charge in [0, 0.05) is 16.7 Å². The van der Waals surface area contributed by atoms with Gasteiger partial charge in [0.05, 0.1) is 0 Å². The summed E-state index contributed by atoms with van der Waals surface area (Å²) in [5, 5.41) is 26.5. The summed E-state index contributed by atoms with van der Waals surface area (Å²) >= 11 is 0. The molecule has 33 heavy (non-hydrogen) atoms. The van der Waals surface area contributed by atoms with E-state index in [1.54, 1.807) is 30.3 Å². The monoisotopic (exact) mass is 440 g/mol. The molecule has 9 heteroatoms. The van der Waals surface area contributed by atoms with Crippen LogP contribution in [0.15, 0.2) is 75.7 Å². The minimum atomic E-state index is -1.35. The molecule has 1 aliphatic rings. The number of nitrogens with zero attached hydrogens (tertiary/aromatic N) is 4. The van der Waals surface area contributed by atoms with Crippen LogP contribution in [-0.4, -0.2) is 44.5 Å². The number of aromatic nitrogens is 2. The molecule has 0 bridgehead atoms. The predicted octanol–water partition coefficient (Wildman–Crippen LogP) is 3.08. The summed E-state index contributed by atoms with van der Waals surface area (Å²) < 4.78 is 5.74. The van der Waals surface area contributed by atoms with Gasteiger partial charge in [-0.1, -0.05) is 30.3 Å². The summed E-state index contributed by atoms with van der Waals surface area (Å²) in [5.74, 6) is -2.33. The van der Waals surface area contributed by atoms with Gasteiger partial charge in [-0.3, -0.25) is 19.3 Å². The molecule has 1 aromatic heterocycles. The summed E-state index contributed by atoms with van der Waals surface area (Å²) in [5.41, 5.74) is 2.06. The molecule has 162 valence electrons. The van der Waals surface area contributed by atoms with Crippen molar-refractivity contribution in [3.8, 4) is 29.0 Å². The fourth-order valence-electron chi connectivity index (χ4n) is 3.33. The number of carbonyl (C=O) groups is 3. The minimum Gasteiger partial charge on any atom is -0.480 e. The summed E-state index contributed by atoms with van der Waals surface area (Å²) in [6.07, 6.45) is 1.50. The molecule has 0 radical (unpaired) electrons. The van der Waals surface area contributed by atoms with E-state index in [1.165, 1.54) is 13.0 Å². The van der Waals surface area contributed by atoms with Crippen molar-refractivity contribution in [3.05, 3.63) is 76.9 Å². The second-order valence-electron chi connectivity index (χ2n) is 7.16. The van der Waals surface area contributed by atoms with Gasteiger partial charge in [0.25, 0.3) is 11.8 Å². The molecule has 0 saturated heterocycles. The Kier molecular flexibility index (Phi) is 5.66. The van der Waals surface area contributed by atoms with Crippen LogP contribution in [0.2, 0.25) is 0 Å². The van der Waals surface area contributed by atoms with E-state index in [0.717, 1.165) is 5.56 Å². The minimum absolute atomic E-state index is 0.0734. The fourth-order valence-corrected chi connectivity index (χ4v) is 3.33. The van der Waals surface area contributed by atoms with E-state index in [9.17, 15) is 19.6 Å². The van der Waals surface area contributed by atoms with Crippen molar-refractivity contribution in [1.29, 1.82) is 5.26 Å². The Morgan fingerprint density at radius 1 is 1.03 bits per heavy atom. The van der Waals surface area contributed by atoms with Crippen molar-refractivity contribution in [2.75, 3.05) is 6.54 Å². The van der Waals surface area contributed by atoms with Crippen molar-refractivity contribution in [3.63, 3.8) is 0 Å². The highest BCUT2D eigenvalue weighted by Crippen LogP contribution is 2.28. The predicted molar refractivity (Wildman–Crippen MR) is 116 cm³/mol. The quantitative estimate of drug-likeness (QED) is 0.472. The number of benzene rings is 2. The van der Waals surface area contributed by atoms with E-state index in [1.807, 2.05) is 30.3 Å². The van der Waals surface area contributed by atoms with E-state index in [4.69, 9.17) is 9.52 Å². The van der Waals surface area contributed by atoms with Crippen LogP contribution in [0.1, 0.15) is 12.5 Å². The van der Waals surface area contributed by atoms with Crippen LogP contribution in [-0.2, 0) is 14.4 Å². The van der Waals surface area contributed by atoms with Gasteiger partial charge in [-0.15, -0.1) is 10.2 Å². The Bertz CT molecular complexity index is 1360. The normalized spacial score (nSPS) is 15.2. The summed E-state index contributed by atoms with van der Waals surface area (Å²) in [6.45, 7) is 0.656. The zero-order valence-electron chi connectivity index (χ0n) is 17.3. The topological polar surface area (TPSA) is 137 Å². The number of hydrogen-bond donors (Lipinski definition) is 1. The van der Waals surface area contributed by atoms with Crippen LogP contribution in [0.5, 0.6) is 0 Å². The lowest BCUT2D eigenvalue weighted by molar-refractivity contribution is -0.149. The Labute approximate surface area is 187 Å². The number of carboxylic acids is 1. The van der Waals surface area contributed by atoms with Gasteiger partial charge in [-0.05, 0) is 48.4 Å². The maximum absolute atomic E-state index is 12.8. The van der Waals surface area contributed by atoms with Crippen LogP contribution in [0, 0.1) is 11.3 Å². The third kappa shape index (κ3) is 4.18. The summed E-state index contributed by atoms with van der Waals surface area (Å²) in [4.78, 5) is 36.7. The Balaban J connectivity index is 1.64. The van der Waals surface area contributed by atoms with Gasteiger partial charge in [0.2, 0.25) is 11.8 Å².